The highest BCUT2D eigenvalue weighted by Gasteiger charge is 2.05. The standard InChI is InChI=1S/C12H15N3O/c1-13-9-10-8-11(16-2)4-5-12(10)15-7-3-6-14-15/h3-8,13H,9H2,1-2H3. The van der Waals surface area contributed by atoms with Gasteiger partial charge < -0.3 is 10.1 Å². The van der Waals surface area contributed by atoms with Gasteiger partial charge >= 0.3 is 0 Å². The van der Waals surface area contributed by atoms with Crippen molar-refractivity contribution in [2.75, 3.05) is 14.2 Å². The topological polar surface area (TPSA) is 39.1 Å². The minimum absolute atomic E-state index is 0.784. The molecular formula is C12H15N3O. The molecule has 0 fully saturated rings. The zero-order chi connectivity index (χ0) is 11.4. The molecular weight excluding hydrogens is 202 g/mol. The highest BCUT2D eigenvalue weighted by atomic mass is 16.5. The minimum Gasteiger partial charge on any atom is -0.497 e. The van der Waals surface area contributed by atoms with Gasteiger partial charge in [-0.1, -0.05) is 0 Å². The average molecular weight is 217 g/mol. The van der Waals surface area contributed by atoms with E-state index in [1.54, 1.807) is 13.3 Å². The van der Waals surface area contributed by atoms with Crippen molar-refractivity contribution in [1.82, 2.24) is 15.1 Å². The minimum atomic E-state index is 0.784. The molecule has 0 aliphatic rings. The third-order valence-electron chi connectivity index (χ3n) is 2.41. The SMILES string of the molecule is CNCc1cc(OC)ccc1-n1cccn1. The summed E-state index contributed by atoms with van der Waals surface area (Å²) in [6, 6.07) is 7.88. The molecule has 0 aliphatic carbocycles. The maximum absolute atomic E-state index is 5.22. The molecule has 84 valence electrons. The van der Waals surface area contributed by atoms with Crippen molar-refractivity contribution >= 4 is 0 Å². The highest BCUT2D eigenvalue weighted by molar-refractivity contribution is 5.45. The van der Waals surface area contributed by atoms with Crippen molar-refractivity contribution < 1.29 is 4.74 Å². The number of nitrogens with one attached hydrogen (secondary N) is 1. The summed E-state index contributed by atoms with van der Waals surface area (Å²) < 4.78 is 7.07. The van der Waals surface area contributed by atoms with Crippen molar-refractivity contribution in [3.05, 3.63) is 42.2 Å². The molecule has 2 aromatic rings. The fraction of sp³-hybridized carbons (Fsp3) is 0.250. The molecule has 2 rings (SSSR count). The van der Waals surface area contributed by atoms with Gasteiger partial charge in [-0.15, -0.1) is 0 Å². The summed E-state index contributed by atoms with van der Waals surface area (Å²) in [5, 5.41) is 7.37. The van der Waals surface area contributed by atoms with E-state index in [-0.39, 0.29) is 0 Å². The summed E-state index contributed by atoms with van der Waals surface area (Å²) in [5.41, 5.74) is 2.23. The second-order valence-electron chi connectivity index (χ2n) is 3.48. The van der Waals surface area contributed by atoms with Crippen molar-refractivity contribution in [3.8, 4) is 11.4 Å². The van der Waals surface area contributed by atoms with Gasteiger partial charge in [-0.3, -0.25) is 0 Å². The summed E-state index contributed by atoms with van der Waals surface area (Å²) in [4.78, 5) is 0. The fourth-order valence-corrected chi connectivity index (χ4v) is 1.66. The van der Waals surface area contributed by atoms with Crippen LogP contribution >= 0.6 is 0 Å². The van der Waals surface area contributed by atoms with Crippen molar-refractivity contribution in [3.63, 3.8) is 0 Å². The first kappa shape index (κ1) is 10.7. The Morgan fingerprint density at radius 3 is 2.94 bits per heavy atom. The maximum Gasteiger partial charge on any atom is 0.119 e. The van der Waals surface area contributed by atoms with E-state index in [1.165, 1.54) is 0 Å². The van der Waals surface area contributed by atoms with E-state index in [1.807, 2.05) is 42.2 Å². The Hall–Kier alpha value is -1.81. The molecule has 1 aromatic carbocycles. The second kappa shape index (κ2) is 4.81. The normalized spacial score (nSPS) is 10.4. The lowest BCUT2D eigenvalue weighted by Gasteiger charge is -2.11. The second-order valence-corrected chi connectivity index (χ2v) is 3.48. The van der Waals surface area contributed by atoms with Crippen LogP contribution in [0.3, 0.4) is 0 Å². The Morgan fingerprint density at radius 2 is 2.31 bits per heavy atom. The van der Waals surface area contributed by atoms with Crippen molar-refractivity contribution in [2.45, 2.75) is 6.54 Å². The predicted molar refractivity (Wildman–Crippen MR) is 62.9 cm³/mol. The zero-order valence-electron chi connectivity index (χ0n) is 9.47. The lowest BCUT2D eigenvalue weighted by atomic mass is 10.1. The quantitative estimate of drug-likeness (QED) is 0.845. The van der Waals surface area contributed by atoms with Crippen LogP contribution in [0.15, 0.2) is 36.7 Å². The van der Waals surface area contributed by atoms with Gasteiger partial charge in [0.2, 0.25) is 0 Å². The molecule has 0 amide bonds. The molecule has 1 N–H and O–H groups in total. The van der Waals surface area contributed by atoms with Gasteiger partial charge in [0.15, 0.2) is 0 Å². The number of benzene rings is 1. The molecule has 4 nitrogen and oxygen atoms in total. The summed E-state index contributed by atoms with van der Waals surface area (Å²) in [6.45, 7) is 0.784. The predicted octanol–water partition coefficient (Wildman–Crippen LogP) is 1.60. The molecule has 0 spiro atoms. The number of aromatic nitrogens is 2. The Bertz CT molecular complexity index is 451. The van der Waals surface area contributed by atoms with E-state index < -0.39 is 0 Å². The summed E-state index contributed by atoms with van der Waals surface area (Å²) >= 11 is 0. The molecule has 1 aromatic heterocycles. The van der Waals surface area contributed by atoms with Crippen LogP contribution < -0.4 is 10.1 Å². The van der Waals surface area contributed by atoms with Gasteiger partial charge in [0.1, 0.15) is 5.75 Å². The third-order valence-corrected chi connectivity index (χ3v) is 2.41. The first-order valence-electron chi connectivity index (χ1n) is 5.16. The Labute approximate surface area is 94.9 Å². The lowest BCUT2D eigenvalue weighted by Crippen LogP contribution is -2.09. The molecule has 0 unspecified atom stereocenters. The van der Waals surface area contributed by atoms with Gasteiger partial charge in [0, 0.05) is 18.9 Å². The van der Waals surface area contributed by atoms with Crippen LogP contribution in [0, 0.1) is 0 Å². The van der Waals surface area contributed by atoms with E-state index in [0.717, 1.165) is 23.5 Å². The zero-order valence-corrected chi connectivity index (χ0v) is 9.47. The largest absolute Gasteiger partial charge is 0.497 e. The molecule has 0 bridgehead atoms. The molecule has 0 saturated carbocycles. The van der Waals surface area contributed by atoms with Crippen LogP contribution in [0.1, 0.15) is 5.56 Å². The fourth-order valence-electron chi connectivity index (χ4n) is 1.66. The molecule has 1 heterocycles. The van der Waals surface area contributed by atoms with E-state index in [0.29, 0.717) is 0 Å². The van der Waals surface area contributed by atoms with Gasteiger partial charge in [0.05, 0.1) is 12.8 Å². The molecule has 4 heteroatoms. The summed E-state index contributed by atoms with van der Waals surface area (Å²) in [7, 11) is 3.60. The molecule has 16 heavy (non-hydrogen) atoms. The summed E-state index contributed by atoms with van der Waals surface area (Å²) in [6.07, 6.45) is 3.70. The maximum atomic E-state index is 5.22. The molecule has 0 radical (unpaired) electrons. The number of methoxy groups -OCH3 is 1. The Balaban J connectivity index is 2.44. The number of hydrogen-bond acceptors (Lipinski definition) is 3. The smallest absolute Gasteiger partial charge is 0.119 e. The Kier molecular flexibility index (Phi) is 3.22. The lowest BCUT2D eigenvalue weighted by molar-refractivity contribution is 0.414. The molecule has 0 atom stereocenters. The van der Waals surface area contributed by atoms with E-state index >= 15 is 0 Å². The average Bonchev–Trinajstić information content (AvgIpc) is 2.83. The molecule has 0 saturated heterocycles. The third kappa shape index (κ3) is 2.06. The number of ether oxygens (including phenoxy) is 1. The van der Waals surface area contributed by atoms with Crippen LogP contribution in [0.4, 0.5) is 0 Å². The van der Waals surface area contributed by atoms with Gasteiger partial charge in [-0.25, -0.2) is 4.68 Å². The van der Waals surface area contributed by atoms with Gasteiger partial charge in [0.25, 0.3) is 0 Å². The molecule has 0 aliphatic heterocycles. The van der Waals surface area contributed by atoms with Crippen LogP contribution in [-0.2, 0) is 6.54 Å². The van der Waals surface area contributed by atoms with Crippen LogP contribution in [0.5, 0.6) is 5.75 Å². The van der Waals surface area contributed by atoms with Crippen LogP contribution in [-0.4, -0.2) is 23.9 Å². The van der Waals surface area contributed by atoms with E-state index in [4.69, 9.17) is 4.74 Å². The Morgan fingerprint density at radius 1 is 1.44 bits per heavy atom. The van der Waals surface area contributed by atoms with Crippen LogP contribution in [0.2, 0.25) is 0 Å². The van der Waals surface area contributed by atoms with Crippen molar-refractivity contribution in [1.29, 1.82) is 0 Å². The number of rotatable bonds is 4. The monoisotopic (exact) mass is 217 g/mol. The van der Waals surface area contributed by atoms with E-state index in [2.05, 4.69) is 10.4 Å². The first-order chi connectivity index (χ1) is 7.85. The highest BCUT2D eigenvalue weighted by Crippen LogP contribution is 2.20. The van der Waals surface area contributed by atoms with Gasteiger partial charge in [-0.2, -0.15) is 5.10 Å². The first-order valence-corrected chi connectivity index (χ1v) is 5.16. The van der Waals surface area contributed by atoms with Gasteiger partial charge in [-0.05, 0) is 36.9 Å². The van der Waals surface area contributed by atoms with E-state index in [9.17, 15) is 0 Å². The summed E-state index contributed by atoms with van der Waals surface area (Å²) in [5.74, 6) is 0.862. The number of nitrogens with zero attached hydrogens (tertiary/aromatic N) is 2. The van der Waals surface area contributed by atoms with Crippen LogP contribution in [0.25, 0.3) is 5.69 Å². The number of hydrogen-bond donors (Lipinski definition) is 1. The van der Waals surface area contributed by atoms with Crippen molar-refractivity contribution in [2.24, 2.45) is 0 Å².